The van der Waals surface area contributed by atoms with Crippen LogP contribution in [-0.4, -0.2) is 25.5 Å². The molecule has 8 heteroatoms. The minimum atomic E-state index is -0.757. The zero-order valence-corrected chi connectivity index (χ0v) is 14.0. The Morgan fingerprint density at radius 3 is 2.48 bits per heavy atom. The number of para-hydroxylation sites is 1. The van der Waals surface area contributed by atoms with Crippen LogP contribution in [0.5, 0.6) is 0 Å². The molecule has 0 fully saturated rings. The highest BCUT2D eigenvalue weighted by atomic mass is 19.1. The smallest absolute Gasteiger partial charge is 0.276 e. The van der Waals surface area contributed by atoms with E-state index in [-0.39, 0.29) is 17.4 Å². The molecular weight excluding hydrogens is 328 g/mol. The van der Waals surface area contributed by atoms with Crippen LogP contribution < -0.4 is 5.32 Å². The van der Waals surface area contributed by atoms with Crippen LogP contribution in [0.15, 0.2) is 36.8 Å². The Morgan fingerprint density at radius 2 is 1.88 bits per heavy atom. The minimum absolute atomic E-state index is 0.0833. The Balaban J connectivity index is 1.88. The molecule has 3 aromatic rings. The van der Waals surface area contributed by atoms with E-state index in [2.05, 4.69) is 15.5 Å². The Bertz CT molecular complexity index is 909. The largest absolute Gasteiger partial charge is 0.318 e. The molecule has 2 aromatic heterocycles. The molecule has 1 aromatic carbocycles. The van der Waals surface area contributed by atoms with Crippen molar-refractivity contribution in [2.75, 3.05) is 5.32 Å². The van der Waals surface area contributed by atoms with Gasteiger partial charge in [-0.05, 0) is 32.9 Å². The van der Waals surface area contributed by atoms with E-state index >= 15 is 0 Å². The number of aromatic nitrogens is 4. The fraction of sp³-hybridized carbons (Fsp3) is 0.235. The summed E-state index contributed by atoms with van der Waals surface area (Å²) < 4.78 is 30.5. The first kappa shape index (κ1) is 16.8. The molecule has 0 bridgehead atoms. The van der Waals surface area contributed by atoms with Gasteiger partial charge in [-0.2, -0.15) is 10.2 Å². The second-order valence-electron chi connectivity index (χ2n) is 5.93. The summed E-state index contributed by atoms with van der Waals surface area (Å²) in [5.41, 5.74) is 0.776. The van der Waals surface area contributed by atoms with Crippen LogP contribution >= 0.6 is 0 Å². The van der Waals surface area contributed by atoms with Gasteiger partial charge in [0, 0.05) is 24.0 Å². The van der Waals surface area contributed by atoms with Crippen molar-refractivity contribution in [2.45, 2.75) is 26.8 Å². The zero-order valence-electron chi connectivity index (χ0n) is 14.0. The van der Waals surface area contributed by atoms with Gasteiger partial charge in [0.1, 0.15) is 5.69 Å². The maximum absolute atomic E-state index is 13.9. The highest BCUT2D eigenvalue weighted by Crippen LogP contribution is 2.19. The van der Waals surface area contributed by atoms with Crippen molar-refractivity contribution in [3.05, 3.63) is 59.7 Å². The van der Waals surface area contributed by atoms with Crippen molar-refractivity contribution < 1.29 is 13.6 Å². The number of benzene rings is 1. The van der Waals surface area contributed by atoms with E-state index in [0.717, 1.165) is 16.8 Å². The fourth-order valence-electron chi connectivity index (χ4n) is 2.38. The molecular formula is C17H17F2N5O. The Morgan fingerprint density at radius 1 is 1.20 bits per heavy atom. The van der Waals surface area contributed by atoms with Gasteiger partial charge in [0.05, 0.1) is 11.9 Å². The number of anilines is 1. The summed E-state index contributed by atoms with van der Waals surface area (Å²) in [6.07, 6.45) is 4.64. The third-order valence-electron chi connectivity index (χ3n) is 3.67. The van der Waals surface area contributed by atoms with Crippen LogP contribution in [-0.2, 0) is 0 Å². The summed E-state index contributed by atoms with van der Waals surface area (Å²) in [7, 11) is 0. The van der Waals surface area contributed by atoms with Crippen molar-refractivity contribution in [2.24, 2.45) is 0 Å². The number of hydrogen-bond acceptors (Lipinski definition) is 3. The van der Waals surface area contributed by atoms with Gasteiger partial charge in [0.15, 0.2) is 17.3 Å². The molecule has 0 atom stereocenters. The lowest BCUT2D eigenvalue weighted by Gasteiger charge is -2.04. The topological polar surface area (TPSA) is 64.7 Å². The lowest BCUT2D eigenvalue weighted by molar-refractivity contribution is 0.102. The summed E-state index contributed by atoms with van der Waals surface area (Å²) in [5.74, 6) is -1.99. The van der Waals surface area contributed by atoms with Gasteiger partial charge < -0.3 is 5.32 Å². The van der Waals surface area contributed by atoms with Gasteiger partial charge in [0.25, 0.3) is 5.91 Å². The summed E-state index contributed by atoms with van der Waals surface area (Å²) >= 11 is 0. The number of nitrogens with zero attached hydrogens (tertiary/aromatic N) is 4. The van der Waals surface area contributed by atoms with Crippen molar-refractivity contribution in [1.82, 2.24) is 19.6 Å². The highest BCUT2D eigenvalue weighted by Gasteiger charge is 2.19. The number of hydrogen-bond donors (Lipinski definition) is 1. The van der Waals surface area contributed by atoms with Gasteiger partial charge in [0.2, 0.25) is 0 Å². The first-order chi connectivity index (χ1) is 11.9. The van der Waals surface area contributed by atoms with Gasteiger partial charge in [-0.25, -0.2) is 13.5 Å². The Kier molecular flexibility index (Phi) is 4.35. The van der Waals surface area contributed by atoms with Crippen LogP contribution in [0, 0.1) is 18.6 Å². The number of carbonyl (C=O) groups is 1. The van der Waals surface area contributed by atoms with E-state index in [1.165, 1.54) is 18.5 Å². The van der Waals surface area contributed by atoms with E-state index in [9.17, 15) is 13.6 Å². The summed E-state index contributed by atoms with van der Waals surface area (Å²) in [6.45, 7) is 5.58. The lowest BCUT2D eigenvalue weighted by atomic mass is 10.2. The predicted octanol–water partition coefficient (Wildman–Crippen LogP) is 3.49. The van der Waals surface area contributed by atoms with Gasteiger partial charge in [-0.3, -0.25) is 9.48 Å². The van der Waals surface area contributed by atoms with Crippen molar-refractivity contribution in [3.8, 4) is 5.69 Å². The fourth-order valence-corrected chi connectivity index (χ4v) is 2.38. The highest BCUT2D eigenvalue weighted by molar-refractivity contribution is 6.03. The number of aryl methyl sites for hydroxylation is 1. The molecule has 0 radical (unpaired) electrons. The third-order valence-corrected chi connectivity index (χ3v) is 3.67. The molecule has 1 N–H and O–H groups in total. The van der Waals surface area contributed by atoms with Crippen molar-refractivity contribution in [1.29, 1.82) is 0 Å². The molecule has 1 amide bonds. The SMILES string of the molecule is Cc1cn(-c2c(F)cccc2F)nc1C(=O)Nc1cnn(C(C)C)c1. The monoisotopic (exact) mass is 345 g/mol. The van der Waals surface area contributed by atoms with Crippen LogP contribution in [0.3, 0.4) is 0 Å². The van der Waals surface area contributed by atoms with Crippen LogP contribution in [0.25, 0.3) is 5.69 Å². The molecule has 0 saturated carbocycles. The van der Waals surface area contributed by atoms with E-state index in [0.29, 0.717) is 11.3 Å². The molecule has 0 spiro atoms. The number of amides is 1. The molecule has 0 saturated heterocycles. The van der Waals surface area contributed by atoms with Crippen LogP contribution in [0.2, 0.25) is 0 Å². The Labute approximate surface area is 143 Å². The normalized spacial score (nSPS) is 11.1. The molecule has 0 aliphatic carbocycles. The molecule has 0 unspecified atom stereocenters. The summed E-state index contributed by atoms with van der Waals surface area (Å²) in [4.78, 5) is 12.4. The molecule has 3 rings (SSSR count). The van der Waals surface area contributed by atoms with E-state index in [4.69, 9.17) is 0 Å². The molecule has 0 aliphatic rings. The van der Waals surface area contributed by atoms with E-state index in [1.54, 1.807) is 17.8 Å². The standard InChI is InChI=1S/C17H17F2N5O/c1-10(2)23-9-12(7-20-23)21-17(25)15-11(3)8-24(22-15)16-13(18)5-4-6-14(16)19/h4-10H,1-3H3,(H,21,25). The summed E-state index contributed by atoms with van der Waals surface area (Å²) in [5, 5.41) is 10.9. The second-order valence-corrected chi connectivity index (χ2v) is 5.93. The molecule has 130 valence electrons. The van der Waals surface area contributed by atoms with Crippen LogP contribution in [0.1, 0.15) is 35.9 Å². The third kappa shape index (κ3) is 3.28. The second kappa shape index (κ2) is 6.46. The van der Waals surface area contributed by atoms with Crippen molar-refractivity contribution in [3.63, 3.8) is 0 Å². The molecule has 6 nitrogen and oxygen atoms in total. The molecule has 25 heavy (non-hydrogen) atoms. The Hall–Kier alpha value is -3.03. The van der Waals surface area contributed by atoms with E-state index < -0.39 is 17.5 Å². The van der Waals surface area contributed by atoms with Crippen LogP contribution in [0.4, 0.5) is 14.5 Å². The van der Waals surface area contributed by atoms with Gasteiger partial charge in [-0.15, -0.1) is 0 Å². The van der Waals surface area contributed by atoms with E-state index in [1.807, 2.05) is 13.8 Å². The first-order valence-corrected chi connectivity index (χ1v) is 7.73. The van der Waals surface area contributed by atoms with Gasteiger partial charge in [-0.1, -0.05) is 6.07 Å². The predicted molar refractivity (Wildman–Crippen MR) is 88.8 cm³/mol. The number of carbonyl (C=O) groups excluding carboxylic acids is 1. The molecule has 2 heterocycles. The maximum atomic E-state index is 13.9. The number of rotatable bonds is 4. The zero-order chi connectivity index (χ0) is 18.1. The average Bonchev–Trinajstić information content (AvgIpc) is 3.14. The quantitative estimate of drug-likeness (QED) is 0.787. The number of halogens is 2. The van der Waals surface area contributed by atoms with Crippen molar-refractivity contribution >= 4 is 11.6 Å². The average molecular weight is 345 g/mol. The summed E-state index contributed by atoms with van der Waals surface area (Å²) in [6, 6.07) is 3.70. The molecule has 0 aliphatic heterocycles. The first-order valence-electron chi connectivity index (χ1n) is 7.73. The van der Waals surface area contributed by atoms with Gasteiger partial charge >= 0.3 is 0 Å². The lowest BCUT2D eigenvalue weighted by Crippen LogP contribution is -2.14. The number of nitrogens with one attached hydrogen (secondary N) is 1. The minimum Gasteiger partial charge on any atom is -0.318 e. The maximum Gasteiger partial charge on any atom is 0.276 e.